The van der Waals surface area contributed by atoms with Gasteiger partial charge in [0.2, 0.25) is 5.91 Å². The van der Waals surface area contributed by atoms with Gasteiger partial charge in [-0.15, -0.1) is 0 Å². The highest BCUT2D eigenvalue weighted by molar-refractivity contribution is 5.99. The average molecular weight is 511 g/mol. The fourth-order valence-electron chi connectivity index (χ4n) is 5.66. The summed E-state index contributed by atoms with van der Waals surface area (Å²) in [5.74, 6) is 2.04. The first-order valence-corrected chi connectivity index (χ1v) is 13.6. The standard InChI is InChI=1S/C32H34N2O4/c1-21-9-11-22(12-10-21)15-16-33-31(36)24-5-3-6-26(17-24)34-29(35)18-25-19-32(34,2)38-30-27(25)7-4-8-28(30)37-20-23-13-14-23/h3-12,17,23,25H,13-16,18-20H2,1-2H3,(H,33,36). The van der Waals surface area contributed by atoms with E-state index >= 15 is 0 Å². The molecule has 2 aliphatic heterocycles. The highest BCUT2D eigenvalue weighted by Crippen LogP contribution is 2.52. The molecule has 2 unspecified atom stereocenters. The van der Waals surface area contributed by atoms with Gasteiger partial charge in [-0.2, -0.15) is 0 Å². The fraction of sp³-hybridized carbons (Fsp3) is 0.375. The van der Waals surface area contributed by atoms with Crippen LogP contribution >= 0.6 is 0 Å². The van der Waals surface area contributed by atoms with Gasteiger partial charge in [0.1, 0.15) is 0 Å². The van der Waals surface area contributed by atoms with Crippen LogP contribution in [0.4, 0.5) is 5.69 Å². The Bertz CT molecular complexity index is 1360. The zero-order valence-corrected chi connectivity index (χ0v) is 22.0. The van der Waals surface area contributed by atoms with Crippen molar-refractivity contribution in [2.45, 2.75) is 57.6 Å². The summed E-state index contributed by atoms with van der Waals surface area (Å²) in [7, 11) is 0. The van der Waals surface area contributed by atoms with E-state index in [1.807, 2.05) is 37.3 Å². The highest BCUT2D eigenvalue weighted by atomic mass is 16.5. The zero-order valence-electron chi connectivity index (χ0n) is 22.0. The third kappa shape index (κ3) is 4.87. The molecule has 1 aliphatic carbocycles. The quantitative estimate of drug-likeness (QED) is 0.417. The number of hydrogen-bond donors (Lipinski definition) is 1. The van der Waals surface area contributed by atoms with Gasteiger partial charge in [0, 0.05) is 42.1 Å². The molecule has 2 amide bonds. The van der Waals surface area contributed by atoms with Crippen molar-refractivity contribution in [3.63, 3.8) is 0 Å². The second kappa shape index (κ2) is 9.82. The van der Waals surface area contributed by atoms with E-state index in [0.29, 0.717) is 43.2 Å². The third-order valence-electron chi connectivity index (χ3n) is 7.90. The summed E-state index contributed by atoms with van der Waals surface area (Å²) >= 11 is 0. The Balaban J connectivity index is 1.20. The van der Waals surface area contributed by atoms with Crippen molar-refractivity contribution in [1.82, 2.24) is 5.32 Å². The Kier molecular flexibility index (Phi) is 6.34. The number of benzene rings is 3. The summed E-state index contributed by atoms with van der Waals surface area (Å²) in [6.45, 7) is 5.26. The van der Waals surface area contributed by atoms with E-state index in [-0.39, 0.29) is 17.7 Å². The van der Waals surface area contributed by atoms with E-state index in [1.165, 1.54) is 24.0 Å². The first-order chi connectivity index (χ1) is 18.4. The molecule has 3 aliphatic rings. The molecular formula is C32H34N2O4. The number of rotatable bonds is 8. The number of anilines is 1. The second-order valence-electron chi connectivity index (χ2n) is 11.1. The van der Waals surface area contributed by atoms with E-state index in [2.05, 4.69) is 36.5 Å². The summed E-state index contributed by atoms with van der Waals surface area (Å²) in [4.78, 5) is 28.2. The fourth-order valence-corrected chi connectivity index (χ4v) is 5.66. The monoisotopic (exact) mass is 510 g/mol. The molecule has 38 heavy (non-hydrogen) atoms. The van der Waals surface area contributed by atoms with Gasteiger partial charge in [0.05, 0.1) is 6.61 Å². The average Bonchev–Trinajstić information content (AvgIpc) is 3.73. The predicted molar refractivity (Wildman–Crippen MR) is 147 cm³/mol. The number of carbonyl (C=O) groups is 2. The van der Waals surface area contributed by atoms with E-state index in [9.17, 15) is 9.59 Å². The molecule has 2 bridgehead atoms. The number of ether oxygens (including phenoxy) is 2. The smallest absolute Gasteiger partial charge is 0.251 e. The van der Waals surface area contributed by atoms with E-state index in [4.69, 9.17) is 9.47 Å². The number of hydrogen-bond acceptors (Lipinski definition) is 4. The number of carbonyl (C=O) groups excluding carboxylic acids is 2. The molecular weight excluding hydrogens is 476 g/mol. The molecule has 6 rings (SSSR count). The molecule has 0 radical (unpaired) electrons. The van der Waals surface area contributed by atoms with E-state index < -0.39 is 5.72 Å². The minimum absolute atomic E-state index is 0.00405. The van der Waals surface area contributed by atoms with Gasteiger partial charge < -0.3 is 14.8 Å². The van der Waals surface area contributed by atoms with Crippen LogP contribution in [-0.4, -0.2) is 30.7 Å². The molecule has 2 heterocycles. The zero-order chi connectivity index (χ0) is 26.3. The maximum absolute atomic E-state index is 13.5. The molecule has 6 heteroatoms. The van der Waals surface area contributed by atoms with Crippen LogP contribution in [0.25, 0.3) is 0 Å². The Morgan fingerprint density at radius 1 is 1.11 bits per heavy atom. The van der Waals surface area contributed by atoms with E-state index in [1.54, 1.807) is 17.0 Å². The molecule has 196 valence electrons. The lowest BCUT2D eigenvalue weighted by molar-refractivity contribution is -0.127. The maximum Gasteiger partial charge on any atom is 0.251 e. The Labute approximate surface area is 223 Å². The minimum Gasteiger partial charge on any atom is -0.489 e. The number of nitrogens with zero attached hydrogens (tertiary/aromatic N) is 1. The van der Waals surface area contributed by atoms with Crippen molar-refractivity contribution in [3.05, 3.63) is 89.0 Å². The highest BCUT2D eigenvalue weighted by Gasteiger charge is 2.50. The summed E-state index contributed by atoms with van der Waals surface area (Å²) in [6, 6.07) is 21.6. The van der Waals surface area contributed by atoms with Crippen LogP contribution in [0.2, 0.25) is 0 Å². The normalized spacial score (nSPS) is 21.9. The molecule has 6 nitrogen and oxygen atoms in total. The van der Waals surface area contributed by atoms with Gasteiger partial charge in [-0.1, -0.05) is 48.0 Å². The molecule has 2 atom stereocenters. The second-order valence-corrected chi connectivity index (χ2v) is 11.1. The minimum atomic E-state index is -0.868. The number of nitrogens with one attached hydrogen (secondary N) is 1. The van der Waals surface area contributed by atoms with Crippen LogP contribution < -0.4 is 19.7 Å². The van der Waals surface area contributed by atoms with Crippen LogP contribution in [0.1, 0.15) is 65.6 Å². The van der Waals surface area contributed by atoms with Crippen LogP contribution in [0.15, 0.2) is 66.7 Å². The van der Waals surface area contributed by atoms with Crippen molar-refractivity contribution < 1.29 is 19.1 Å². The van der Waals surface area contributed by atoms with Crippen LogP contribution in [-0.2, 0) is 11.2 Å². The number of piperidine rings is 1. The van der Waals surface area contributed by atoms with Gasteiger partial charge in [0.25, 0.3) is 5.91 Å². The largest absolute Gasteiger partial charge is 0.489 e. The maximum atomic E-state index is 13.5. The predicted octanol–water partition coefficient (Wildman–Crippen LogP) is 5.78. The summed E-state index contributed by atoms with van der Waals surface area (Å²) in [6.07, 6.45) is 4.27. The van der Waals surface area contributed by atoms with Crippen molar-refractivity contribution >= 4 is 17.5 Å². The van der Waals surface area contributed by atoms with E-state index in [0.717, 1.165) is 23.5 Å². The van der Waals surface area contributed by atoms with Crippen molar-refractivity contribution in [1.29, 1.82) is 0 Å². The van der Waals surface area contributed by atoms with Gasteiger partial charge in [-0.25, -0.2) is 0 Å². The first kappa shape index (κ1) is 24.5. The molecule has 0 spiro atoms. The molecule has 3 aromatic carbocycles. The van der Waals surface area contributed by atoms with Crippen molar-refractivity contribution in [2.75, 3.05) is 18.1 Å². The summed E-state index contributed by atoms with van der Waals surface area (Å²) in [5, 5.41) is 3.01. The van der Waals surface area contributed by atoms with Gasteiger partial charge in [0.15, 0.2) is 17.2 Å². The van der Waals surface area contributed by atoms with Crippen LogP contribution in [0, 0.1) is 12.8 Å². The van der Waals surface area contributed by atoms with Gasteiger partial charge in [-0.3, -0.25) is 14.5 Å². The van der Waals surface area contributed by atoms with Crippen LogP contribution in [0.5, 0.6) is 11.5 Å². The van der Waals surface area contributed by atoms with Crippen molar-refractivity contribution in [3.8, 4) is 11.5 Å². The Morgan fingerprint density at radius 3 is 2.68 bits per heavy atom. The SMILES string of the molecule is Cc1ccc(CCNC(=O)c2cccc(N3C(=O)CC4CC3(C)Oc3c(OCC5CC5)cccc34)c2)cc1. The lowest BCUT2D eigenvalue weighted by atomic mass is 9.80. The Hall–Kier alpha value is -3.80. The number of amides is 2. The first-order valence-electron chi connectivity index (χ1n) is 13.6. The summed E-state index contributed by atoms with van der Waals surface area (Å²) in [5.41, 5.74) is 3.77. The van der Waals surface area contributed by atoms with Crippen LogP contribution in [0.3, 0.4) is 0 Å². The molecule has 0 aromatic heterocycles. The number of fused-ring (bicyclic) bond motifs is 4. The van der Waals surface area contributed by atoms with Gasteiger partial charge >= 0.3 is 0 Å². The molecule has 1 saturated carbocycles. The van der Waals surface area contributed by atoms with Crippen molar-refractivity contribution in [2.24, 2.45) is 5.92 Å². The molecule has 3 aromatic rings. The topological polar surface area (TPSA) is 67.9 Å². The number of aryl methyl sites for hydroxylation is 1. The summed E-state index contributed by atoms with van der Waals surface area (Å²) < 4.78 is 12.8. The lowest BCUT2D eigenvalue weighted by Gasteiger charge is -2.50. The van der Waals surface area contributed by atoms with Gasteiger partial charge in [-0.05, 0) is 68.9 Å². The third-order valence-corrected chi connectivity index (χ3v) is 7.90. The molecule has 1 saturated heterocycles. The lowest BCUT2D eigenvalue weighted by Crippen LogP contribution is -2.60. The number of para-hydroxylation sites is 1. The molecule has 1 N–H and O–H groups in total. The Morgan fingerprint density at radius 2 is 1.89 bits per heavy atom. The molecule has 2 fully saturated rings.